The number of aromatic nitrogens is 1. The van der Waals surface area contributed by atoms with Gasteiger partial charge in [0.1, 0.15) is 24.0 Å². The van der Waals surface area contributed by atoms with Crippen LogP contribution in [0.15, 0.2) is 79.1 Å². The zero-order chi connectivity index (χ0) is 50.9. The average Bonchev–Trinajstić information content (AvgIpc) is 3.74. The molecule has 14 nitrogen and oxygen atoms in total. The maximum Gasteiger partial charge on any atom is 0.329 e. The molecule has 1 saturated carbocycles. The molecule has 0 spiro atoms. The highest BCUT2D eigenvalue weighted by molar-refractivity contribution is 6.39. The normalized spacial score (nSPS) is 34.8. The second kappa shape index (κ2) is 24.8. The average molecular weight is 972 g/mol. The monoisotopic (exact) mass is 972 g/mol. The molecule has 14 atom stereocenters. The predicted octanol–water partition coefficient (Wildman–Crippen LogP) is 8.29. The van der Waals surface area contributed by atoms with E-state index in [0.29, 0.717) is 50.7 Å². The number of fused-ring (bicyclic) bond motifs is 4. The highest BCUT2D eigenvalue weighted by atomic mass is 16.7. The van der Waals surface area contributed by atoms with Gasteiger partial charge in [0.2, 0.25) is 5.79 Å². The van der Waals surface area contributed by atoms with Crippen molar-refractivity contribution in [1.29, 1.82) is 0 Å². The van der Waals surface area contributed by atoms with Crippen molar-refractivity contribution in [3.05, 3.63) is 79.1 Å². The topological polar surface area (TPSA) is 175 Å². The number of carbonyl (C=O) groups is 4. The van der Waals surface area contributed by atoms with Crippen LogP contribution in [-0.2, 0) is 49.4 Å². The number of esters is 1. The number of methoxy groups -OCH3 is 2. The number of hydrogen-bond acceptors (Lipinski definition) is 12. The zero-order valence-corrected chi connectivity index (χ0v) is 43.0. The van der Waals surface area contributed by atoms with Crippen molar-refractivity contribution in [2.24, 2.45) is 29.6 Å². The van der Waals surface area contributed by atoms with Crippen molar-refractivity contribution in [3.63, 3.8) is 0 Å². The predicted molar refractivity (Wildman–Crippen MR) is 271 cm³/mol. The van der Waals surface area contributed by atoms with Gasteiger partial charge in [-0.05, 0) is 127 Å². The number of aliphatic hydroxyl groups is 2. The number of nitrogens with one attached hydrogen (secondary N) is 1. The van der Waals surface area contributed by atoms with Crippen LogP contribution >= 0.6 is 0 Å². The molecule has 2 bridgehead atoms. The molecule has 14 unspecified atom stereocenters. The molecule has 1 aliphatic carbocycles. The lowest BCUT2D eigenvalue weighted by atomic mass is 9.80. The lowest BCUT2D eigenvalue weighted by Crippen LogP contribution is -2.64. The Bertz CT molecular complexity index is 2220. The van der Waals surface area contributed by atoms with Gasteiger partial charge < -0.3 is 48.7 Å². The van der Waals surface area contributed by atoms with Crippen LogP contribution in [0.4, 0.5) is 5.69 Å². The molecule has 4 heterocycles. The molecule has 386 valence electrons. The van der Waals surface area contributed by atoms with Crippen LogP contribution in [0, 0.1) is 29.6 Å². The van der Waals surface area contributed by atoms with Gasteiger partial charge in [0.15, 0.2) is 0 Å². The number of cyclic esters (lactones) is 1. The molecule has 0 radical (unpaired) electrons. The van der Waals surface area contributed by atoms with Crippen molar-refractivity contribution < 1.29 is 53.1 Å². The van der Waals surface area contributed by atoms with E-state index in [1.165, 1.54) is 19.1 Å². The van der Waals surface area contributed by atoms with Crippen molar-refractivity contribution in [2.45, 2.75) is 173 Å². The quantitative estimate of drug-likeness (QED) is 0.106. The molecule has 1 aromatic carbocycles. The minimum atomic E-state index is -2.52. The Hall–Kier alpha value is -4.44. The molecule has 6 rings (SSSR count). The number of rotatable bonds is 12. The summed E-state index contributed by atoms with van der Waals surface area (Å²) < 4.78 is 33.1. The first-order valence-corrected chi connectivity index (χ1v) is 25.7. The molecule has 70 heavy (non-hydrogen) atoms. The number of piperidine rings is 1. The van der Waals surface area contributed by atoms with Crippen molar-refractivity contribution in [1.82, 2.24) is 9.47 Å². The minimum absolute atomic E-state index is 0.00528. The van der Waals surface area contributed by atoms with Crippen LogP contribution in [0.3, 0.4) is 0 Å². The van der Waals surface area contributed by atoms with Crippen LogP contribution in [0.2, 0.25) is 0 Å². The van der Waals surface area contributed by atoms with E-state index in [1.54, 1.807) is 19.9 Å². The third kappa shape index (κ3) is 12.8. The number of amides is 1. The summed E-state index contributed by atoms with van der Waals surface area (Å²) in [5.41, 5.74) is 3.82. The third-order valence-electron chi connectivity index (χ3n) is 15.4. The number of allylic oxidation sites excluding steroid dienone is 5. The highest BCUT2D eigenvalue weighted by Gasteiger charge is 2.56. The van der Waals surface area contributed by atoms with Crippen LogP contribution in [0.5, 0.6) is 0 Å². The van der Waals surface area contributed by atoms with E-state index < -0.39 is 77.8 Å². The van der Waals surface area contributed by atoms with Gasteiger partial charge in [-0.2, -0.15) is 0 Å². The molecule has 2 aromatic rings. The molecular formula is C56H81N3O11. The van der Waals surface area contributed by atoms with Gasteiger partial charge in [-0.1, -0.05) is 50.6 Å². The van der Waals surface area contributed by atoms with E-state index in [9.17, 15) is 29.4 Å². The summed E-state index contributed by atoms with van der Waals surface area (Å²) >= 11 is 0. The van der Waals surface area contributed by atoms with Gasteiger partial charge in [0.25, 0.3) is 11.7 Å². The molecule has 1 aromatic heterocycles. The minimum Gasteiger partial charge on any atom is -0.456 e. The van der Waals surface area contributed by atoms with E-state index in [1.807, 2.05) is 32.9 Å². The zero-order valence-electron chi connectivity index (χ0n) is 43.0. The van der Waals surface area contributed by atoms with Gasteiger partial charge in [-0.3, -0.25) is 14.4 Å². The van der Waals surface area contributed by atoms with Crippen LogP contribution < -0.4 is 5.32 Å². The smallest absolute Gasteiger partial charge is 0.329 e. The third-order valence-corrected chi connectivity index (χ3v) is 15.4. The van der Waals surface area contributed by atoms with E-state index >= 15 is 0 Å². The lowest BCUT2D eigenvalue weighted by molar-refractivity contribution is -0.302. The standard InChI is InChI=1S/C56H81N3O11/c1-11-16-41-27-34(4)26-35(5)28-49(66-9)52-50(67-10)30-37(7)56(65,70-52)53(62)54(63)59-24-15-14-17-45(59)55(64)69-51(38(8)46(60)33-47(41)61)36(6)29-39-18-20-43(48(31-39)68-13-3)57-42-19-21-44-40(32-42)22-25-58(44)23-12-2/h11-12,19,21-22,25,27,29,32,35,37-39,41,43,45-46,48-52,57,60,65H,1-2,13-18,20,23-24,26,28,30-31,33H2,3-10H3. The number of nitrogens with zero attached hydrogens (tertiary/aromatic N) is 2. The summed E-state index contributed by atoms with van der Waals surface area (Å²) in [4.78, 5) is 58.9. The maximum absolute atomic E-state index is 14.7. The van der Waals surface area contributed by atoms with Gasteiger partial charge in [0, 0.05) is 80.9 Å². The molecule has 3 N–H and O–H groups in total. The second-order valence-electron chi connectivity index (χ2n) is 20.7. The van der Waals surface area contributed by atoms with E-state index in [4.69, 9.17) is 23.7 Å². The van der Waals surface area contributed by atoms with Crippen molar-refractivity contribution >= 4 is 40.0 Å². The van der Waals surface area contributed by atoms with Gasteiger partial charge >= 0.3 is 5.97 Å². The Morgan fingerprint density at radius 2 is 1.70 bits per heavy atom. The first-order chi connectivity index (χ1) is 33.5. The fraction of sp³-hybridized carbons (Fsp3) is 0.643. The lowest BCUT2D eigenvalue weighted by Gasteiger charge is -2.47. The molecule has 1 amide bonds. The number of aliphatic hydroxyl groups excluding tert-OH is 1. The van der Waals surface area contributed by atoms with E-state index in [-0.39, 0.29) is 55.6 Å². The SMILES string of the molecule is C=CCC1C=C(C)CC(C)CC(OC)C2OC(O)(C(=O)C(=O)N3CCCCC3C(=O)OC(C(C)=CC3CCC(Nc4ccc5c(ccn5CC=C)c4)C(OCC)C3)C(C)C(O)CC1=O)C(C)CC2OC. The molecular weight excluding hydrogens is 891 g/mol. The van der Waals surface area contributed by atoms with Crippen LogP contribution in [-0.4, -0.2) is 125 Å². The maximum atomic E-state index is 14.7. The number of anilines is 1. The Labute approximate surface area is 415 Å². The number of ketones is 2. The summed E-state index contributed by atoms with van der Waals surface area (Å²) in [7, 11) is 3.07. The second-order valence-corrected chi connectivity index (χ2v) is 20.7. The van der Waals surface area contributed by atoms with Crippen LogP contribution in [0.25, 0.3) is 10.9 Å². The summed E-state index contributed by atoms with van der Waals surface area (Å²) in [5, 5.41) is 29.0. The molecule has 14 heteroatoms. The van der Waals surface area contributed by atoms with Gasteiger partial charge in [-0.25, -0.2) is 4.79 Å². The molecule has 4 aliphatic rings. The van der Waals surface area contributed by atoms with Gasteiger partial charge in [-0.15, -0.1) is 13.2 Å². The molecule has 3 aliphatic heterocycles. The Morgan fingerprint density at radius 1 is 0.957 bits per heavy atom. The Morgan fingerprint density at radius 3 is 2.40 bits per heavy atom. The number of Topliss-reactive ketones (excluding diaryl/α,β-unsaturated/α-hetero) is 2. The Balaban J connectivity index is 1.31. The molecule has 2 saturated heterocycles. The molecule has 3 fully saturated rings. The van der Waals surface area contributed by atoms with E-state index in [2.05, 4.69) is 66.5 Å². The van der Waals surface area contributed by atoms with Crippen molar-refractivity contribution in [3.8, 4) is 0 Å². The van der Waals surface area contributed by atoms with E-state index in [0.717, 1.165) is 41.5 Å². The summed E-state index contributed by atoms with van der Waals surface area (Å²) in [5.74, 6) is -7.68. The summed E-state index contributed by atoms with van der Waals surface area (Å²) in [6.45, 7) is 20.5. The fourth-order valence-electron chi connectivity index (χ4n) is 11.6. The number of benzene rings is 1. The number of ether oxygens (including phenoxy) is 5. The first kappa shape index (κ1) is 54.9. The largest absolute Gasteiger partial charge is 0.456 e. The fourth-order valence-corrected chi connectivity index (χ4v) is 11.6. The first-order valence-electron chi connectivity index (χ1n) is 25.7. The summed E-state index contributed by atoms with van der Waals surface area (Å²) in [6, 6.07) is 7.39. The van der Waals surface area contributed by atoms with Crippen molar-refractivity contribution in [2.75, 3.05) is 32.7 Å². The summed E-state index contributed by atoms with van der Waals surface area (Å²) in [6.07, 6.45) is 10.4. The number of hydrogen-bond donors (Lipinski definition) is 3. The van der Waals surface area contributed by atoms with Crippen LogP contribution in [0.1, 0.15) is 112 Å². The highest BCUT2D eigenvalue weighted by Crippen LogP contribution is 2.40. The van der Waals surface area contributed by atoms with Gasteiger partial charge in [0.05, 0.1) is 30.5 Å². The number of carbonyl (C=O) groups excluding carboxylic acids is 4. The Kier molecular flexibility index (Phi) is 19.4.